The van der Waals surface area contributed by atoms with Gasteiger partial charge in [0.05, 0.1) is 0 Å². The largest absolute Gasteiger partial charge is 0.346 e. The molecular formula is C16H18N3+. The fraction of sp³-hybridized carbons (Fsp3) is 0.188. The molecule has 0 saturated heterocycles. The monoisotopic (exact) mass is 252 g/mol. The van der Waals surface area contributed by atoms with Crippen LogP contribution in [0.25, 0.3) is 0 Å². The van der Waals surface area contributed by atoms with Crippen LogP contribution in [0.5, 0.6) is 0 Å². The summed E-state index contributed by atoms with van der Waals surface area (Å²) < 4.78 is 2.05. The highest BCUT2D eigenvalue weighted by Crippen LogP contribution is 2.36. The number of benzene rings is 2. The lowest BCUT2D eigenvalue weighted by molar-refractivity contribution is -0.500. The molecule has 2 aromatic rings. The molecule has 1 unspecified atom stereocenters. The molecule has 3 nitrogen and oxygen atoms in total. The Morgan fingerprint density at radius 3 is 2.37 bits per heavy atom. The van der Waals surface area contributed by atoms with Gasteiger partial charge in [0.25, 0.3) is 0 Å². The first-order chi connectivity index (χ1) is 9.27. The quantitative estimate of drug-likeness (QED) is 0.604. The maximum Gasteiger partial charge on any atom is 0.346 e. The van der Waals surface area contributed by atoms with E-state index >= 15 is 0 Å². The van der Waals surface area contributed by atoms with Gasteiger partial charge in [-0.25, -0.2) is 4.58 Å². The van der Waals surface area contributed by atoms with E-state index in [0.29, 0.717) is 5.96 Å². The van der Waals surface area contributed by atoms with Crippen molar-refractivity contribution >= 4 is 11.6 Å². The van der Waals surface area contributed by atoms with Gasteiger partial charge < -0.3 is 0 Å². The Bertz CT molecular complexity index is 613. The standard InChI is InChI=1S/C16H17N3/c17-16(18)19-14-9-5-4-8-13(14)10-11-15(19)12-6-2-1-3-7-12/h1-9,15H,10-11H2,(H3,17,18)/p+1. The van der Waals surface area contributed by atoms with E-state index in [1.165, 1.54) is 11.1 Å². The number of nitrogens with zero attached hydrogens (tertiary/aromatic N) is 1. The van der Waals surface area contributed by atoms with Crippen molar-refractivity contribution in [3.63, 3.8) is 0 Å². The van der Waals surface area contributed by atoms with E-state index < -0.39 is 0 Å². The summed E-state index contributed by atoms with van der Waals surface area (Å²) in [6, 6.07) is 19.0. The van der Waals surface area contributed by atoms with E-state index in [9.17, 15) is 0 Å². The first-order valence-corrected chi connectivity index (χ1v) is 6.57. The summed E-state index contributed by atoms with van der Waals surface area (Å²) in [7, 11) is 0. The minimum Gasteiger partial charge on any atom is -0.291 e. The predicted molar refractivity (Wildman–Crippen MR) is 77.2 cm³/mol. The Hall–Kier alpha value is -2.29. The lowest BCUT2D eigenvalue weighted by Gasteiger charge is -2.27. The highest BCUT2D eigenvalue weighted by molar-refractivity contribution is 5.72. The average molecular weight is 252 g/mol. The molecule has 1 atom stereocenters. The summed E-state index contributed by atoms with van der Waals surface area (Å²) in [5.74, 6) is 0.362. The Morgan fingerprint density at radius 1 is 0.947 bits per heavy atom. The van der Waals surface area contributed by atoms with Gasteiger partial charge in [0.15, 0.2) is 0 Å². The highest BCUT2D eigenvalue weighted by atomic mass is 15.2. The molecule has 4 N–H and O–H groups in total. The normalized spacial score (nSPS) is 17.9. The Balaban J connectivity index is 2.13. The van der Waals surface area contributed by atoms with E-state index in [0.717, 1.165) is 18.5 Å². The van der Waals surface area contributed by atoms with Gasteiger partial charge in [-0.3, -0.25) is 11.5 Å². The third kappa shape index (κ3) is 2.08. The number of rotatable bonds is 1. The number of hydrogen-bond acceptors (Lipinski definition) is 0. The van der Waals surface area contributed by atoms with Crippen molar-refractivity contribution in [2.45, 2.75) is 18.9 Å². The number of guanidine groups is 1. The molecule has 0 aliphatic carbocycles. The SMILES string of the molecule is NC(N)=[N+]1c2ccccc2CCC1c1ccccc1. The van der Waals surface area contributed by atoms with Crippen LogP contribution in [0.3, 0.4) is 0 Å². The van der Waals surface area contributed by atoms with Gasteiger partial charge in [-0.05, 0) is 30.0 Å². The molecule has 96 valence electrons. The van der Waals surface area contributed by atoms with Crippen molar-refractivity contribution in [3.8, 4) is 0 Å². The Kier molecular flexibility index (Phi) is 2.95. The van der Waals surface area contributed by atoms with Crippen molar-refractivity contribution in [2.75, 3.05) is 0 Å². The van der Waals surface area contributed by atoms with Crippen molar-refractivity contribution < 1.29 is 4.58 Å². The van der Waals surface area contributed by atoms with Gasteiger partial charge in [-0.15, -0.1) is 0 Å². The molecule has 1 aliphatic rings. The molecule has 0 bridgehead atoms. The maximum atomic E-state index is 5.93. The second kappa shape index (κ2) is 4.76. The molecule has 0 saturated carbocycles. The summed E-state index contributed by atoms with van der Waals surface area (Å²) in [4.78, 5) is 0. The lowest BCUT2D eigenvalue weighted by Crippen LogP contribution is -2.37. The zero-order chi connectivity index (χ0) is 13.2. The summed E-state index contributed by atoms with van der Waals surface area (Å²) in [5, 5.41) is 0. The molecule has 2 aromatic carbocycles. The van der Waals surface area contributed by atoms with E-state index in [-0.39, 0.29) is 6.04 Å². The van der Waals surface area contributed by atoms with Crippen molar-refractivity contribution in [3.05, 3.63) is 65.7 Å². The van der Waals surface area contributed by atoms with E-state index in [4.69, 9.17) is 11.5 Å². The first-order valence-electron chi connectivity index (χ1n) is 6.57. The van der Waals surface area contributed by atoms with Crippen molar-refractivity contribution in [1.82, 2.24) is 0 Å². The van der Waals surface area contributed by atoms with Gasteiger partial charge in [0.2, 0.25) is 0 Å². The maximum absolute atomic E-state index is 5.93. The third-order valence-corrected chi connectivity index (χ3v) is 3.71. The topological polar surface area (TPSA) is 55.0 Å². The molecule has 1 heterocycles. The first kappa shape index (κ1) is 11.8. The molecule has 19 heavy (non-hydrogen) atoms. The number of nitrogens with two attached hydrogens (primary N) is 2. The van der Waals surface area contributed by atoms with Gasteiger partial charge in [-0.1, -0.05) is 48.5 Å². The van der Waals surface area contributed by atoms with Gasteiger partial charge in [-0.2, -0.15) is 0 Å². The molecule has 0 aromatic heterocycles. The Labute approximate surface area is 113 Å². The third-order valence-electron chi connectivity index (χ3n) is 3.71. The molecule has 3 heteroatoms. The molecule has 3 rings (SSSR count). The predicted octanol–water partition coefficient (Wildman–Crippen LogP) is 2.29. The van der Waals surface area contributed by atoms with Crippen LogP contribution in [0.2, 0.25) is 0 Å². The second-order valence-corrected chi connectivity index (χ2v) is 4.89. The van der Waals surface area contributed by atoms with E-state index in [1.54, 1.807) is 0 Å². The van der Waals surface area contributed by atoms with E-state index in [1.807, 2.05) is 16.7 Å². The summed E-state index contributed by atoms with van der Waals surface area (Å²) in [6.07, 6.45) is 2.08. The van der Waals surface area contributed by atoms with Crippen LogP contribution < -0.4 is 11.5 Å². The fourth-order valence-corrected chi connectivity index (χ4v) is 2.86. The molecular weight excluding hydrogens is 234 g/mol. The molecule has 0 amide bonds. The summed E-state index contributed by atoms with van der Waals surface area (Å²) in [5.41, 5.74) is 15.6. The zero-order valence-corrected chi connectivity index (χ0v) is 10.8. The number of aryl methyl sites for hydroxylation is 1. The molecule has 1 aliphatic heterocycles. The molecule has 0 radical (unpaired) electrons. The van der Waals surface area contributed by atoms with Crippen LogP contribution in [0.1, 0.15) is 23.6 Å². The average Bonchev–Trinajstić information content (AvgIpc) is 2.46. The van der Waals surface area contributed by atoms with E-state index in [2.05, 4.69) is 42.5 Å². The highest BCUT2D eigenvalue weighted by Gasteiger charge is 2.28. The van der Waals surface area contributed by atoms with Gasteiger partial charge in [0, 0.05) is 0 Å². The fourth-order valence-electron chi connectivity index (χ4n) is 2.86. The zero-order valence-electron chi connectivity index (χ0n) is 10.8. The molecule has 0 spiro atoms. The second-order valence-electron chi connectivity index (χ2n) is 4.89. The van der Waals surface area contributed by atoms with Crippen LogP contribution >= 0.6 is 0 Å². The van der Waals surface area contributed by atoms with Crippen LogP contribution in [-0.4, -0.2) is 10.5 Å². The number of hydrogen-bond donors (Lipinski definition) is 2. The minimum atomic E-state index is 0.223. The summed E-state index contributed by atoms with van der Waals surface area (Å²) >= 11 is 0. The van der Waals surface area contributed by atoms with Crippen LogP contribution in [0, 0.1) is 0 Å². The van der Waals surface area contributed by atoms with Crippen LogP contribution in [-0.2, 0) is 6.42 Å². The van der Waals surface area contributed by atoms with Gasteiger partial charge >= 0.3 is 5.96 Å². The van der Waals surface area contributed by atoms with Gasteiger partial charge in [0.1, 0.15) is 11.7 Å². The minimum absolute atomic E-state index is 0.223. The number of fused-ring (bicyclic) bond motifs is 1. The Morgan fingerprint density at radius 2 is 1.63 bits per heavy atom. The summed E-state index contributed by atoms with van der Waals surface area (Å²) in [6.45, 7) is 0. The van der Waals surface area contributed by atoms with Crippen LogP contribution in [0.4, 0.5) is 5.69 Å². The molecule has 0 fully saturated rings. The number of para-hydroxylation sites is 1. The van der Waals surface area contributed by atoms with Crippen LogP contribution in [0.15, 0.2) is 54.6 Å². The van der Waals surface area contributed by atoms with Crippen molar-refractivity contribution in [2.24, 2.45) is 11.5 Å². The smallest absolute Gasteiger partial charge is 0.291 e. The lowest BCUT2D eigenvalue weighted by atomic mass is 9.92. The van der Waals surface area contributed by atoms with Crippen molar-refractivity contribution in [1.29, 1.82) is 0 Å².